The van der Waals surface area contributed by atoms with E-state index in [0.717, 1.165) is 36.6 Å². The number of rotatable bonds is 4. The third-order valence-electron chi connectivity index (χ3n) is 6.39. The Labute approximate surface area is 163 Å². The van der Waals surface area contributed by atoms with Crippen molar-refractivity contribution < 1.29 is 4.74 Å². The average molecular weight is 365 g/mol. The molecule has 3 rings (SSSR count). The molecular weight excluding hydrogens is 332 g/mol. The number of nitriles is 1. The van der Waals surface area contributed by atoms with Crippen LogP contribution in [-0.2, 0) is 11.2 Å². The van der Waals surface area contributed by atoms with Gasteiger partial charge in [-0.2, -0.15) is 5.26 Å². The fourth-order valence-corrected chi connectivity index (χ4v) is 5.19. The monoisotopic (exact) mass is 364 g/mol. The number of aryl methyl sites for hydroxylation is 1. The fourth-order valence-electron chi connectivity index (χ4n) is 5.19. The summed E-state index contributed by atoms with van der Waals surface area (Å²) < 4.78 is 5.88. The van der Waals surface area contributed by atoms with E-state index in [0.29, 0.717) is 11.0 Å². The predicted molar refractivity (Wildman–Crippen MR) is 111 cm³/mol. The van der Waals surface area contributed by atoms with Gasteiger partial charge in [0.15, 0.2) is 0 Å². The van der Waals surface area contributed by atoms with Crippen LogP contribution in [0.3, 0.4) is 0 Å². The minimum atomic E-state index is -0.0144. The van der Waals surface area contributed by atoms with Crippen LogP contribution in [0.2, 0.25) is 0 Å². The number of hydrogen-bond donors (Lipinski definition) is 0. The van der Waals surface area contributed by atoms with E-state index in [4.69, 9.17) is 10.00 Å². The fraction of sp³-hybridized carbons (Fsp3) is 0.583. The highest BCUT2D eigenvalue weighted by atomic mass is 16.5. The molecule has 27 heavy (non-hydrogen) atoms. The van der Waals surface area contributed by atoms with E-state index < -0.39 is 0 Å². The van der Waals surface area contributed by atoms with Crippen molar-refractivity contribution in [1.82, 2.24) is 4.98 Å². The lowest BCUT2D eigenvalue weighted by Crippen LogP contribution is -2.31. The smallest absolute Gasteiger partial charge is 0.0991 e. The molecule has 0 saturated heterocycles. The molecule has 1 aliphatic carbocycles. The predicted octanol–water partition coefficient (Wildman–Crippen LogP) is 6.05. The van der Waals surface area contributed by atoms with Crippen molar-refractivity contribution in [2.24, 2.45) is 10.8 Å². The average Bonchev–Trinajstić information content (AvgIpc) is 2.72. The summed E-state index contributed by atoms with van der Waals surface area (Å²) in [5.74, 6) is 0. The highest BCUT2D eigenvalue weighted by Gasteiger charge is 2.42. The van der Waals surface area contributed by atoms with E-state index in [1.165, 1.54) is 18.4 Å². The Morgan fingerprint density at radius 2 is 1.89 bits per heavy atom. The third kappa shape index (κ3) is 4.68. The Kier molecular flexibility index (Phi) is 5.32. The summed E-state index contributed by atoms with van der Waals surface area (Å²) in [6, 6.07) is 10.1. The van der Waals surface area contributed by atoms with Gasteiger partial charge in [0.05, 0.1) is 22.8 Å². The highest BCUT2D eigenvalue weighted by Crippen LogP contribution is 2.50. The lowest BCUT2D eigenvalue weighted by atomic mass is 9.70. The van der Waals surface area contributed by atoms with Crippen LogP contribution in [-0.4, -0.2) is 17.7 Å². The van der Waals surface area contributed by atoms with Gasteiger partial charge in [-0.25, -0.2) is 0 Å². The van der Waals surface area contributed by atoms with Crippen LogP contribution in [0.1, 0.15) is 70.9 Å². The van der Waals surface area contributed by atoms with Crippen LogP contribution in [0, 0.1) is 22.2 Å². The number of methoxy groups -OCH3 is 1. The number of benzene rings is 1. The number of nitrogens with zero attached hydrogens (tertiary/aromatic N) is 2. The largest absolute Gasteiger partial charge is 0.379 e. The summed E-state index contributed by atoms with van der Waals surface area (Å²) in [6.07, 6.45) is 8.82. The molecule has 1 aromatic carbocycles. The second-order valence-electron chi connectivity index (χ2n) is 9.85. The van der Waals surface area contributed by atoms with Gasteiger partial charge in [-0.3, -0.25) is 4.98 Å². The molecule has 1 aliphatic rings. The second kappa shape index (κ2) is 7.24. The van der Waals surface area contributed by atoms with Crippen LogP contribution in [0.15, 0.2) is 30.5 Å². The Hall–Kier alpha value is -1.92. The van der Waals surface area contributed by atoms with E-state index >= 15 is 0 Å². The first-order valence-electron chi connectivity index (χ1n) is 10.0. The molecule has 144 valence electrons. The van der Waals surface area contributed by atoms with Gasteiger partial charge >= 0.3 is 0 Å². The Bertz CT molecular complexity index is 866. The van der Waals surface area contributed by atoms with Gasteiger partial charge in [0.2, 0.25) is 0 Å². The van der Waals surface area contributed by atoms with Gasteiger partial charge in [-0.05, 0) is 86.1 Å². The normalized spacial score (nSPS) is 27.9. The van der Waals surface area contributed by atoms with Crippen LogP contribution >= 0.6 is 0 Å². The van der Waals surface area contributed by atoms with Crippen molar-refractivity contribution in [3.8, 4) is 6.07 Å². The first-order valence-corrected chi connectivity index (χ1v) is 10.0. The minimum Gasteiger partial charge on any atom is -0.379 e. The zero-order chi connectivity index (χ0) is 19.7. The van der Waals surface area contributed by atoms with Crippen LogP contribution < -0.4 is 0 Å². The molecule has 2 atom stereocenters. The summed E-state index contributed by atoms with van der Waals surface area (Å²) in [7, 11) is 1.86. The Balaban J connectivity index is 1.77. The Morgan fingerprint density at radius 3 is 2.59 bits per heavy atom. The molecule has 1 heterocycles. The summed E-state index contributed by atoms with van der Waals surface area (Å²) >= 11 is 0. The minimum absolute atomic E-state index is 0.0144. The van der Waals surface area contributed by atoms with Gasteiger partial charge in [-0.15, -0.1) is 0 Å². The zero-order valence-corrected chi connectivity index (χ0v) is 17.4. The van der Waals surface area contributed by atoms with E-state index in [2.05, 4.69) is 44.8 Å². The first-order chi connectivity index (χ1) is 12.7. The van der Waals surface area contributed by atoms with Gasteiger partial charge in [0.1, 0.15) is 0 Å². The van der Waals surface area contributed by atoms with Gasteiger partial charge in [0, 0.05) is 18.7 Å². The molecule has 1 saturated carbocycles. The third-order valence-corrected chi connectivity index (χ3v) is 6.39. The molecule has 0 N–H and O–H groups in total. The maximum Gasteiger partial charge on any atom is 0.0991 e. The van der Waals surface area contributed by atoms with Gasteiger partial charge in [0.25, 0.3) is 0 Å². The van der Waals surface area contributed by atoms with Crippen LogP contribution in [0.5, 0.6) is 0 Å². The molecule has 0 spiro atoms. The zero-order valence-electron chi connectivity index (χ0n) is 17.4. The molecule has 0 amide bonds. The molecule has 1 fully saturated rings. The van der Waals surface area contributed by atoms with E-state index in [9.17, 15) is 0 Å². The van der Waals surface area contributed by atoms with E-state index in [1.807, 2.05) is 31.5 Å². The molecule has 2 aromatic rings. The summed E-state index contributed by atoms with van der Waals surface area (Å²) in [5.41, 5.74) is 3.48. The summed E-state index contributed by atoms with van der Waals surface area (Å²) in [4.78, 5) is 4.60. The van der Waals surface area contributed by atoms with Gasteiger partial charge < -0.3 is 4.74 Å². The van der Waals surface area contributed by atoms with Crippen molar-refractivity contribution in [2.75, 3.05) is 7.11 Å². The molecular formula is C24H32N2O. The van der Waals surface area contributed by atoms with E-state index in [1.54, 1.807) is 0 Å². The van der Waals surface area contributed by atoms with Gasteiger partial charge in [-0.1, -0.05) is 20.8 Å². The lowest BCUT2D eigenvalue weighted by molar-refractivity contribution is -0.0277. The molecule has 3 nitrogen and oxygen atoms in total. The summed E-state index contributed by atoms with van der Waals surface area (Å²) in [6.45, 7) is 9.47. The van der Waals surface area contributed by atoms with Crippen molar-refractivity contribution >= 4 is 10.9 Å². The summed E-state index contributed by atoms with van der Waals surface area (Å²) in [5, 5.41) is 10.2. The number of fused-ring (bicyclic) bond motifs is 1. The SMILES string of the molecule is COC1(C)CC[C@@](C)(CCc2cnc3ccc(C#N)cc3c2)CC(C)(C)C1. The number of aromatic nitrogens is 1. The molecule has 0 radical (unpaired) electrons. The van der Waals surface area contributed by atoms with Crippen LogP contribution in [0.25, 0.3) is 10.9 Å². The molecule has 1 aromatic heterocycles. The topological polar surface area (TPSA) is 45.9 Å². The lowest BCUT2D eigenvalue weighted by Gasteiger charge is -2.36. The second-order valence-corrected chi connectivity index (χ2v) is 9.85. The molecule has 0 bridgehead atoms. The van der Waals surface area contributed by atoms with Crippen molar-refractivity contribution in [2.45, 2.75) is 71.8 Å². The highest BCUT2D eigenvalue weighted by molar-refractivity contribution is 5.80. The number of pyridine rings is 1. The maximum absolute atomic E-state index is 9.13. The quantitative estimate of drug-likeness (QED) is 0.620. The maximum atomic E-state index is 9.13. The molecule has 3 heteroatoms. The van der Waals surface area contributed by atoms with Crippen molar-refractivity contribution in [3.63, 3.8) is 0 Å². The van der Waals surface area contributed by atoms with Crippen molar-refractivity contribution in [3.05, 3.63) is 41.6 Å². The van der Waals surface area contributed by atoms with E-state index in [-0.39, 0.29) is 11.0 Å². The number of hydrogen-bond acceptors (Lipinski definition) is 3. The molecule has 0 aliphatic heterocycles. The van der Waals surface area contributed by atoms with Crippen LogP contribution in [0.4, 0.5) is 0 Å². The first kappa shape index (κ1) is 19.8. The standard InChI is InChI=1S/C24H32N2O/c1-22(2)16-23(3,10-11-24(4,17-22)27-5)9-8-19-13-20-12-18(14-25)6-7-21(20)26-15-19/h6-7,12-13,15H,8-11,16-17H2,1-5H3/t23-,24?/m1/s1. The Morgan fingerprint density at radius 1 is 1.11 bits per heavy atom. The molecule has 1 unspecified atom stereocenters. The number of ether oxygens (including phenoxy) is 1. The van der Waals surface area contributed by atoms with Crippen molar-refractivity contribution in [1.29, 1.82) is 5.26 Å².